The minimum atomic E-state index is -0.228. The molecule has 36 heavy (non-hydrogen) atoms. The van der Waals surface area contributed by atoms with Gasteiger partial charge in [-0.15, -0.1) is 0 Å². The van der Waals surface area contributed by atoms with Gasteiger partial charge in [-0.1, -0.05) is 66.3 Å². The average Bonchev–Trinajstić information content (AvgIpc) is 3.18. The van der Waals surface area contributed by atoms with Gasteiger partial charge >= 0.3 is 5.63 Å². The molecule has 0 N–H and O–H groups in total. The van der Waals surface area contributed by atoms with Crippen LogP contribution in [0.5, 0.6) is 0 Å². The van der Waals surface area contributed by atoms with E-state index < -0.39 is 0 Å². The van der Waals surface area contributed by atoms with Crippen molar-refractivity contribution in [3.63, 3.8) is 0 Å². The molecule has 4 nitrogen and oxygen atoms in total. The molecule has 1 aromatic heterocycles. The Morgan fingerprint density at radius 1 is 1.11 bits per heavy atom. The SMILES string of the molecule is CC(C)(C)CC1C=C2SC(c3cc4cc5c6c(c4oc3=O)C(C)(C)CCN6CCC5(C)C)N=C2CC1. The van der Waals surface area contributed by atoms with Crippen LogP contribution in [0, 0.1) is 11.3 Å². The number of nitrogens with zero attached hydrogens (tertiary/aromatic N) is 2. The minimum absolute atomic E-state index is 0.0326. The molecule has 1 aliphatic carbocycles. The van der Waals surface area contributed by atoms with E-state index in [4.69, 9.17) is 9.41 Å². The number of fused-ring (bicyclic) bond motifs is 3. The monoisotopic (exact) mass is 504 g/mol. The van der Waals surface area contributed by atoms with Crippen LogP contribution in [-0.4, -0.2) is 18.8 Å². The molecule has 4 heterocycles. The molecule has 0 fully saturated rings. The number of thioether (sulfide) groups is 1. The molecule has 0 saturated heterocycles. The predicted molar refractivity (Wildman–Crippen MR) is 153 cm³/mol. The van der Waals surface area contributed by atoms with E-state index >= 15 is 0 Å². The summed E-state index contributed by atoms with van der Waals surface area (Å²) in [5.41, 5.74) is 6.75. The van der Waals surface area contributed by atoms with Crippen LogP contribution in [0.1, 0.15) is 103 Å². The van der Waals surface area contributed by atoms with Gasteiger partial charge < -0.3 is 9.32 Å². The molecule has 3 aliphatic heterocycles. The Morgan fingerprint density at radius 2 is 1.83 bits per heavy atom. The van der Waals surface area contributed by atoms with Gasteiger partial charge in [0.25, 0.3) is 0 Å². The number of hydrogen-bond acceptors (Lipinski definition) is 5. The molecule has 5 heteroatoms. The molecule has 0 saturated carbocycles. The van der Waals surface area contributed by atoms with E-state index in [1.807, 2.05) is 0 Å². The number of anilines is 1. The van der Waals surface area contributed by atoms with Gasteiger partial charge in [-0.2, -0.15) is 0 Å². The van der Waals surface area contributed by atoms with Crippen LogP contribution in [-0.2, 0) is 10.8 Å². The molecule has 2 atom stereocenters. The molecule has 4 aliphatic rings. The van der Waals surface area contributed by atoms with E-state index in [1.54, 1.807) is 11.8 Å². The van der Waals surface area contributed by atoms with E-state index in [1.165, 1.54) is 33.9 Å². The zero-order chi connectivity index (χ0) is 25.6. The summed E-state index contributed by atoms with van der Waals surface area (Å²) in [5, 5.41) is 0.851. The third-order valence-corrected chi connectivity index (χ3v) is 10.0. The normalized spacial score (nSPS) is 26.4. The molecular weight excluding hydrogens is 464 g/mol. The summed E-state index contributed by atoms with van der Waals surface area (Å²) < 4.78 is 6.24. The van der Waals surface area contributed by atoms with Gasteiger partial charge in [-0.3, -0.25) is 4.99 Å². The molecule has 2 aromatic rings. The molecular formula is C31H40N2O2S. The third-order valence-electron chi connectivity index (χ3n) is 8.83. The first-order valence-corrected chi connectivity index (χ1v) is 14.6. The first-order valence-electron chi connectivity index (χ1n) is 13.7. The van der Waals surface area contributed by atoms with Gasteiger partial charge in [0.1, 0.15) is 11.0 Å². The molecule has 0 bridgehead atoms. The van der Waals surface area contributed by atoms with E-state index in [9.17, 15) is 4.79 Å². The summed E-state index contributed by atoms with van der Waals surface area (Å²) in [7, 11) is 0. The maximum Gasteiger partial charge on any atom is 0.342 e. The second-order valence-corrected chi connectivity index (χ2v) is 15.1. The summed E-state index contributed by atoms with van der Waals surface area (Å²) in [6.07, 6.45) is 7.97. The Balaban J connectivity index is 1.45. The van der Waals surface area contributed by atoms with Crippen LogP contribution in [0.3, 0.4) is 0 Å². The highest BCUT2D eigenvalue weighted by molar-refractivity contribution is 8.04. The van der Waals surface area contributed by atoms with Crippen LogP contribution in [0.2, 0.25) is 0 Å². The molecule has 192 valence electrons. The van der Waals surface area contributed by atoms with Crippen molar-refractivity contribution in [1.29, 1.82) is 0 Å². The van der Waals surface area contributed by atoms with Gasteiger partial charge in [0.15, 0.2) is 0 Å². The van der Waals surface area contributed by atoms with Crippen LogP contribution in [0.4, 0.5) is 5.69 Å². The fraction of sp³-hybridized carbons (Fsp3) is 0.613. The largest absolute Gasteiger partial charge is 0.422 e. The highest BCUT2D eigenvalue weighted by atomic mass is 32.2. The Kier molecular flexibility index (Phi) is 5.40. The second kappa shape index (κ2) is 7.99. The standard InChI is InChI=1S/C31H40N2O2S/c1-29(2,3)17-18-8-9-22-23(14-18)36-27(32-22)20-15-19-16-21-25-24(26(19)35-28(20)34)31(6,7)11-13-33(25)12-10-30(21,4)5/h14-16,18,27H,8-13,17H2,1-7H3. The van der Waals surface area contributed by atoms with Crippen molar-refractivity contribution in [2.75, 3.05) is 18.0 Å². The summed E-state index contributed by atoms with van der Waals surface area (Å²) >= 11 is 1.74. The number of allylic oxidation sites excluding steroid dienone is 2. The van der Waals surface area contributed by atoms with E-state index in [0.717, 1.165) is 49.7 Å². The Bertz CT molecular complexity index is 1370. The fourth-order valence-electron chi connectivity index (χ4n) is 6.78. The molecule has 2 unspecified atom stereocenters. The maximum atomic E-state index is 13.5. The van der Waals surface area contributed by atoms with Crippen LogP contribution >= 0.6 is 11.8 Å². The lowest BCUT2D eigenvalue weighted by Gasteiger charge is -2.48. The van der Waals surface area contributed by atoms with Crippen molar-refractivity contribution < 1.29 is 4.42 Å². The molecule has 0 radical (unpaired) electrons. The van der Waals surface area contributed by atoms with Crippen molar-refractivity contribution in [1.82, 2.24) is 0 Å². The lowest BCUT2D eigenvalue weighted by atomic mass is 9.69. The van der Waals surface area contributed by atoms with Gasteiger partial charge in [0.05, 0.1) is 5.56 Å². The van der Waals surface area contributed by atoms with Crippen molar-refractivity contribution >= 4 is 34.1 Å². The number of aliphatic imine (C=N–C) groups is 1. The van der Waals surface area contributed by atoms with E-state index in [-0.39, 0.29) is 21.8 Å². The second-order valence-electron chi connectivity index (χ2n) is 14.0. The number of rotatable bonds is 2. The van der Waals surface area contributed by atoms with Crippen LogP contribution < -0.4 is 10.5 Å². The van der Waals surface area contributed by atoms with Crippen LogP contribution in [0.25, 0.3) is 11.0 Å². The predicted octanol–water partition coefficient (Wildman–Crippen LogP) is 7.88. The Hall–Kier alpha value is -2.01. The summed E-state index contributed by atoms with van der Waals surface area (Å²) in [5.74, 6) is 0.588. The quantitative estimate of drug-likeness (QED) is 0.390. The highest BCUT2D eigenvalue weighted by Crippen LogP contribution is 2.52. The van der Waals surface area contributed by atoms with Crippen molar-refractivity contribution in [3.05, 3.63) is 50.2 Å². The molecule has 0 spiro atoms. The summed E-state index contributed by atoms with van der Waals surface area (Å²) in [6.45, 7) is 18.4. The third kappa shape index (κ3) is 3.97. The smallest absolute Gasteiger partial charge is 0.342 e. The van der Waals surface area contributed by atoms with Crippen LogP contribution in [0.15, 0.2) is 37.3 Å². The van der Waals surface area contributed by atoms with E-state index in [2.05, 4.69) is 71.6 Å². The summed E-state index contributed by atoms with van der Waals surface area (Å²) in [6, 6.07) is 4.41. The van der Waals surface area contributed by atoms with Gasteiger partial charge in [-0.05, 0) is 72.0 Å². The molecule has 1 aromatic carbocycles. The van der Waals surface area contributed by atoms with Crippen molar-refractivity contribution in [2.24, 2.45) is 16.3 Å². The maximum absolute atomic E-state index is 13.5. The topological polar surface area (TPSA) is 45.8 Å². The van der Waals surface area contributed by atoms with Gasteiger partial charge in [0, 0.05) is 40.3 Å². The minimum Gasteiger partial charge on any atom is -0.422 e. The zero-order valence-corrected chi connectivity index (χ0v) is 23.8. The first-order chi connectivity index (χ1) is 16.8. The lowest BCUT2D eigenvalue weighted by Crippen LogP contribution is -2.44. The highest BCUT2D eigenvalue weighted by Gasteiger charge is 2.42. The number of hydrogen-bond donors (Lipinski definition) is 0. The number of benzene rings is 1. The lowest BCUT2D eigenvalue weighted by molar-refractivity contribution is 0.316. The van der Waals surface area contributed by atoms with E-state index in [0.29, 0.717) is 16.9 Å². The molecule has 6 rings (SSSR count). The fourth-order valence-corrected chi connectivity index (χ4v) is 8.06. The molecule has 0 amide bonds. The van der Waals surface area contributed by atoms with Crippen molar-refractivity contribution in [2.45, 2.75) is 96.8 Å². The van der Waals surface area contributed by atoms with Gasteiger partial charge in [-0.25, -0.2) is 4.79 Å². The Labute approximate surface area is 219 Å². The average molecular weight is 505 g/mol. The Morgan fingerprint density at radius 3 is 2.56 bits per heavy atom. The summed E-state index contributed by atoms with van der Waals surface area (Å²) in [4.78, 5) is 22.3. The van der Waals surface area contributed by atoms with Gasteiger partial charge in [0.2, 0.25) is 0 Å². The zero-order valence-electron chi connectivity index (χ0n) is 23.0. The first kappa shape index (κ1) is 24.3. The van der Waals surface area contributed by atoms with Crippen molar-refractivity contribution in [3.8, 4) is 0 Å².